The van der Waals surface area contributed by atoms with Crippen LogP contribution in [0.3, 0.4) is 0 Å². The van der Waals surface area contributed by atoms with Crippen LogP contribution in [-0.2, 0) is 10.8 Å². The fraction of sp³-hybridized carbons (Fsp3) is 0.0345. The van der Waals surface area contributed by atoms with Crippen LogP contribution in [0.15, 0.2) is 194 Å². The van der Waals surface area contributed by atoms with Crippen molar-refractivity contribution in [1.82, 2.24) is 9.97 Å². The highest BCUT2D eigenvalue weighted by Crippen LogP contribution is 2.65. The van der Waals surface area contributed by atoms with Crippen LogP contribution in [0.1, 0.15) is 44.5 Å². The highest BCUT2D eigenvalue weighted by molar-refractivity contribution is 6.36. The Balaban J connectivity index is 1.02. The average molecular weight is 828 g/mol. The highest BCUT2D eigenvalue weighted by atomic mass is 35.5. The molecule has 2 nitrogen and oxygen atoms in total. The number of benzene rings is 9. The molecule has 288 valence electrons. The van der Waals surface area contributed by atoms with E-state index in [-0.39, 0.29) is 5.28 Å². The van der Waals surface area contributed by atoms with Gasteiger partial charge < -0.3 is 0 Å². The van der Waals surface area contributed by atoms with Crippen LogP contribution in [0.25, 0.3) is 77.7 Å². The third kappa shape index (κ3) is 4.17. The Hall–Kier alpha value is -7.10. The van der Waals surface area contributed by atoms with Crippen molar-refractivity contribution in [2.24, 2.45) is 0 Å². The smallest absolute Gasteiger partial charge is 0.217 e. The second-order valence-corrected chi connectivity index (χ2v) is 17.7. The minimum absolute atomic E-state index is 0.121. The van der Waals surface area contributed by atoms with Gasteiger partial charge in [-0.25, -0.2) is 9.97 Å². The fourth-order valence-corrected chi connectivity index (χ4v) is 12.5. The van der Waals surface area contributed by atoms with Gasteiger partial charge in [0.15, 0.2) is 0 Å². The van der Waals surface area contributed by atoms with Crippen molar-refractivity contribution in [2.75, 3.05) is 0 Å². The maximum absolute atomic E-state index is 7.08. The summed E-state index contributed by atoms with van der Waals surface area (Å²) in [6.07, 6.45) is 0. The third-order valence-electron chi connectivity index (χ3n) is 14.4. The Kier molecular flexibility index (Phi) is 6.84. The molecule has 0 saturated heterocycles. The van der Waals surface area contributed by atoms with Crippen LogP contribution >= 0.6 is 23.2 Å². The van der Waals surface area contributed by atoms with E-state index in [1.54, 1.807) is 0 Å². The van der Waals surface area contributed by atoms with Gasteiger partial charge in [-0.15, -0.1) is 0 Å². The summed E-state index contributed by atoms with van der Waals surface area (Å²) in [5.74, 6) is 0. The van der Waals surface area contributed by atoms with Crippen LogP contribution in [0.2, 0.25) is 10.4 Å². The lowest BCUT2D eigenvalue weighted by atomic mass is 9.70. The monoisotopic (exact) mass is 826 g/mol. The predicted octanol–water partition coefficient (Wildman–Crippen LogP) is 15.0. The summed E-state index contributed by atoms with van der Waals surface area (Å²) in [5, 5.41) is 1.21. The summed E-state index contributed by atoms with van der Waals surface area (Å²) < 4.78 is 0. The van der Waals surface area contributed by atoms with Crippen molar-refractivity contribution in [3.05, 3.63) is 249 Å². The number of halogens is 2. The van der Waals surface area contributed by atoms with E-state index in [2.05, 4.69) is 199 Å². The van der Waals surface area contributed by atoms with Gasteiger partial charge in [0, 0.05) is 10.9 Å². The molecule has 1 heterocycles. The zero-order chi connectivity index (χ0) is 40.9. The van der Waals surface area contributed by atoms with Crippen LogP contribution in [0, 0.1) is 0 Å². The van der Waals surface area contributed by atoms with E-state index in [1.807, 2.05) is 0 Å². The number of nitrogens with zero attached hydrogens (tertiary/aromatic N) is 2. The summed E-state index contributed by atoms with van der Waals surface area (Å²) in [7, 11) is 0. The van der Waals surface area contributed by atoms with Crippen LogP contribution < -0.4 is 0 Å². The Bertz CT molecular complexity index is 3510. The molecule has 0 atom stereocenters. The molecule has 0 amide bonds. The lowest BCUT2D eigenvalue weighted by Crippen LogP contribution is -2.25. The first-order valence-electron chi connectivity index (χ1n) is 21.1. The summed E-state index contributed by atoms with van der Waals surface area (Å²) in [6.45, 7) is 0. The Morgan fingerprint density at radius 1 is 0.290 bits per heavy atom. The quantitative estimate of drug-likeness (QED) is 0.128. The summed E-state index contributed by atoms with van der Waals surface area (Å²) >= 11 is 13.7. The zero-order valence-corrected chi connectivity index (χ0v) is 34.6. The highest BCUT2D eigenvalue weighted by Gasteiger charge is 2.53. The van der Waals surface area contributed by atoms with E-state index in [0.717, 1.165) is 33.2 Å². The van der Waals surface area contributed by atoms with Crippen molar-refractivity contribution >= 4 is 34.1 Å². The van der Waals surface area contributed by atoms with Crippen molar-refractivity contribution in [3.8, 4) is 66.8 Å². The van der Waals surface area contributed by atoms with Crippen LogP contribution in [0.4, 0.5) is 0 Å². The molecule has 0 unspecified atom stereocenters. The molecule has 4 aliphatic rings. The molecule has 4 heteroatoms. The molecule has 9 aromatic carbocycles. The molecule has 1 aromatic heterocycles. The first kappa shape index (κ1) is 34.6. The first-order chi connectivity index (χ1) is 30.6. The minimum Gasteiger partial charge on any atom is -0.217 e. The molecule has 0 radical (unpaired) electrons. The maximum Gasteiger partial charge on any atom is 0.224 e. The van der Waals surface area contributed by atoms with E-state index in [1.165, 1.54) is 89.0 Å². The zero-order valence-electron chi connectivity index (χ0n) is 33.1. The lowest BCUT2D eigenvalue weighted by Gasteiger charge is -2.31. The van der Waals surface area contributed by atoms with Gasteiger partial charge in [-0.05, 0) is 142 Å². The lowest BCUT2D eigenvalue weighted by molar-refractivity contribution is 0.794. The van der Waals surface area contributed by atoms with E-state index in [0.29, 0.717) is 5.15 Å². The van der Waals surface area contributed by atoms with Crippen molar-refractivity contribution < 1.29 is 0 Å². The molecular weight excluding hydrogens is 796 g/mol. The molecule has 0 N–H and O–H groups in total. The largest absolute Gasteiger partial charge is 0.224 e. The van der Waals surface area contributed by atoms with Crippen molar-refractivity contribution in [2.45, 2.75) is 10.8 Å². The molecule has 0 bridgehead atoms. The molecule has 4 aliphatic carbocycles. The minimum atomic E-state index is -0.482. The molecule has 2 spiro atoms. The second kappa shape index (κ2) is 12.3. The van der Waals surface area contributed by atoms with Crippen molar-refractivity contribution in [1.29, 1.82) is 0 Å². The molecule has 10 aromatic rings. The molecule has 62 heavy (non-hydrogen) atoms. The van der Waals surface area contributed by atoms with Gasteiger partial charge in [0.25, 0.3) is 0 Å². The van der Waals surface area contributed by atoms with E-state index >= 15 is 0 Å². The number of rotatable bonds is 2. The third-order valence-corrected chi connectivity index (χ3v) is 14.8. The molecule has 0 fully saturated rings. The molecule has 0 saturated carbocycles. The van der Waals surface area contributed by atoms with Gasteiger partial charge in [0.2, 0.25) is 5.28 Å². The summed E-state index contributed by atoms with van der Waals surface area (Å²) in [6, 6.07) is 71.9. The number of hydrogen-bond donors (Lipinski definition) is 0. The molecular formula is C58H32Cl2N2. The normalized spacial score (nSPS) is 14.5. The van der Waals surface area contributed by atoms with E-state index in [4.69, 9.17) is 28.2 Å². The summed E-state index contributed by atoms with van der Waals surface area (Å²) in [4.78, 5) is 9.38. The Morgan fingerprint density at radius 2 is 0.645 bits per heavy atom. The Morgan fingerprint density at radius 3 is 1.06 bits per heavy atom. The predicted molar refractivity (Wildman–Crippen MR) is 253 cm³/mol. The van der Waals surface area contributed by atoms with Gasteiger partial charge in [0.05, 0.1) is 16.3 Å². The Labute approximate surface area is 368 Å². The van der Waals surface area contributed by atoms with Gasteiger partial charge in [-0.1, -0.05) is 181 Å². The topological polar surface area (TPSA) is 25.8 Å². The van der Waals surface area contributed by atoms with Crippen LogP contribution in [-0.4, -0.2) is 9.97 Å². The first-order valence-corrected chi connectivity index (χ1v) is 21.9. The van der Waals surface area contributed by atoms with Gasteiger partial charge >= 0.3 is 0 Å². The fourth-order valence-electron chi connectivity index (χ4n) is 12.1. The number of aromatic nitrogens is 2. The van der Waals surface area contributed by atoms with Gasteiger partial charge in [0.1, 0.15) is 5.15 Å². The van der Waals surface area contributed by atoms with Gasteiger partial charge in [-0.3, -0.25) is 0 Å². The number of fused-ring (bicyclic) bond motifs is 21. The van der Waals surface area contributed by atoms with Crippen LogP contribution in [0.5, 0.6) is 0 Å². The number of hydrogen-bond acceptors (Lipinski definition) is 2. The maximum atomic E-state index is 7.08. The SMILES string of the molecule is Clc1nc(Cl)c2cc(-c3ccc4c(c3)C3(c5ccccc5-c5ccccc53)c3ccccc3-4)cc(-c3ccc4c(c3)C3(c5ccccc5-c5ccccc53)c3ccccc3-4)c2n1. The average Bonchev–Trinajstić information content (AvgIpc) is 4.00. The van der Waals surface area contributed by atoms with E-state index < -0.39 is 10.8 Å². The second-order valence-electron chi connectivity index (χ2n) is 17.0. The summed E-state index contributed by atoms with van der Waals surface area (Å²) in [5.41, 5.74) is 24.5. The molecule has 0 aliphatic heterocycles. The molecule has 14 rings (SSSR count). The van der Waals surface area contributed by atoms with E-state index in [9.17, 15) is 0 Å². The van der Waals surface area contributed by atoms with Gasteiger partial charge in [-0.2, -0.15) is 0 Å². The van der Waals surface area contributed by atoms with Crippen molar-refractivity contribution in [3.63, 3.8) is 0 Å². The standard InChI is InChI=1S/C58H32Cl2N2/c59-55-45-30-35(33-25-27-42-40-17-5-11-23-50(40)57(52(42)31-33)46-19-7-1-13-36(46)37-14-2-8-20-47(37)57)29-44(54(45)61-56(60)62-55)34-26-28-43-41-18-6-12-24-51(41)58(53(43)32-34)48-21-9-3-15-38(48)39-16-4-10-22-49(39)58/h1-32H.